The Balaban J connectivity index is 1.17. The second-order valence-corrected chi connectivity index (χ2v) is 14.7. The lowest BCUT2D eigenvalue weighted by Gasteiger charge is -2.43. The summed E-state index contributed by atoms with van der Waals surface area (Å²) in [6, 6.07) is 11.5. The Hall–Kier alpha value is -2.98. The van der Waals surface area contributed by atoms with Crippen LogP contribution >= 0.6 is 0 Å². The zero-order chi connectivity index (χ0) is 30.6. The number of anilines is 1. The van der Waals surface area contributed by atoms with Gasteiger partial charge in [0, 0.05) is 50.7 Å². The number of fused-ring (bicyclic) bond motifs is 4. The molecule has 5 aliphatic heterocycles. The molecule has 238 valence electrons. The van der Waals surface area contributed by atoms with E-state index in [0.29, 0.717) is 51.3 Å². The van der Waals surface area contributed by atoms with Gasteiger partial charge in [-0.15, -0.1) is 0 Å². The third kappa shape index (κ3) is 5.75. The van der Waals surface area contributed by atoms with Gasteiger partial charge in [-0.25, -0.2) is 9.18 Å². The number of aromatic nitrogens is 2. The number of carbonyl (C=O) groups is 1. The van der Waals surface area contributed by atoms with Crippen LogP contribution in [0, 0.1) is 0 Å². The Morgan fingerprint density at radius 2 is 1.84 bits per heavy atom. The van der Waals surface area contributed by atoms with Crippen LogP contribution < -0.4 is 9.64 Å². The SMILES string of the molecule is CC1Cc2c(nc(OC[C@@]34CCCN3C[C@H](F)C4)nc2N2C[C@H]3CC[C@@H](C2)N3C(=O)OC(C)(C)C)CN1Cc1ccccc1. The normalized spacial score (nSPS) is 30.4. The maximum absolute atomic E-state index is 14.5. The van der Waals surface area contributed by atoms with Crippen molar-refractivity contribution in [2.24, 2.45) is 0 Å². The van der Waals surface area contributed by atoms with Gasteiger partial charge in [0.05, 0.1) is 23.3 Å². The molecule has 6 heterocycles. The van der Waals surface area contributed by atoms with E-state index in [0.717, 1.165) is 56.7 Å². The van der Waals surface area contributed by atoms with Crippen LogP contribution in [-0.4, -0.2) is 99.0 Å². The van der Waals surface area contributed by atoms with Gasteiger partial charge in [0.25, 0.3) is 0 Å². The number of ether oxygens (including phenoxy) is 2. The molecule has 2 bridgehead atoms. The molecule has 0 saturated carbocycles. The Morgan fingerprint density at radius 1 is 1.09 bits per heavy atom. The highest BCUT2D eigenvalue weighted by Gasteiger charge is 2.50. The number of rotatable bonds is 6. The molecule has 0 aliphatic carbocycles. The zero-order valence-corrected chi connectivity index (χ0v) is 26.7. The molecule has 10 heteroatoms. The molecule has 0 radical (unpaired) electrons. The molecular formula is C34H47FN6O3. The highest BCUT2D eigenvalue weighted by Crippen LogP contribution is 2.41. The molecular weight excluding hydrogens is 559 g/mol. The number of nitrogens with zero attached hydrogens (tertiary/aromatic N) is 6. The first-order chi connectivity index (χ1) is 21.1. The topological polar surface area (TPSA) is 74.3 Å². The molecule has 4 saturated heterocycles. The highest BCUT2D eigenvalue weighted by molar-refractivity contribution is 5.70. The highest BCUT2D eigenvalue weighted by atomic mass is 19.1. The van der Waals surface area contributed by atoms with Crippen LogP contribution in [-0.2, 0) is 24.2 Å². The van der Waals surface area contributed by atoms with Gasteiger partial charge in [-0.1, -0.05) is 30.3 Å². The number of amides is 1. The molecule has 2 aromatic rings. The van der Waals surface area contributed by atoms with Crippen LogP contribution in [0.2, 0.25) is 0 Å². The van der Waals surface area contributed by atoms with Crippen LogP contribution in [0.3, 0.4) is 0 Å². The lowest BCUT2D eigenvalue weighted by molar-refractivity contribution is 0.0122. The van der Waals surface area contributed by atoms with E-state index >= 15 is 0 Å². The van der Waals surface area contributed by atoms with Crippen LogP contribution in [0.5, 0.6) is 6.01 Å². The van der Waals surface area contributed by atoms with Gasteiger partial charge >= 0.3 is 12.1 Å². The van der Waals surface area contributed by atoms with Crippen LogP contribution in [0.1, 0.15) is 76.6 Å². The molecule has 1 aromatic carbocycles. The van der Waals surface area contributed by atoms with Crippen molar-refractivity contribution in [1.29, 1.82) is 0 Å². The molecule has 5 atom stereocenters. The quantitative estimate of drug-likeness (QED) is 0.457. The molecule has 4 fully saturated rings. The average molecular weight is 607 g/mol. The summed E-state index contributed by atoms with van der Waals surface area (Å²) in [5.41, 5.74) is 2.70. The second-order valence-electron chi connectivity index (χ2n) is 14.7. The number of hydrogen-bond donors (Lipinski definition) is 0. The van der Waals surface area contributed by atoms with Crippen molar-refractivity contribution < 1.29 is 18.7 Å². The summed E-state index contributed by atoms with van der Waals surface area (Å²) >= 11 is 0. The average Bonchev–Trinajstić information content (AvgIpc) is 3.58. The number of alkyl halides is 1. The van der Waals surface area contributed by atoms with Crippen molar-refractivity contribution in [2.75, 3.05) is 37.7 Å². The van der Waals surface area contributed by atoms with E-state index in [1.54, 1.807) is 0 Å². The molecule has 5 aliphatic rings. The number of benzene rings is 1. The van der Waals surface area contributed by atoms with Gasteiger partial charge in [0.1, 0.15) is 24.2 Å². The fraction of sp³-hybridized carbons (Fsp3) is 0.676. The maximum atomic E-state index is 14.5. The molecule has 1 amide bonds. The Labute approximate surface area is 260 Å². The second kappa shape index (κ2) is 11.4. The van der Waals surface area contributed by atoms with Gasteiger partial charge in [0.15, 0.2) is 0 Å². The molecule has 0 N–H and O–H groups in total. The van der Waals surface area contributed by atoms with Crippen LogP contribution in [0.25, 0.3) is 0 Å². The fourth-order valence-corrected chi connectivity index (χ4v) is 8.30. The fourth-order valence-electron chi connectivity index (χ4n) is 8.30. The van der Waals surface area contributed by atoms with Gasteiger partial charge in [-0.3, -0.25) is 14.7 Å². The third-order valence-electron chi connectivity index (χ3n) is 10.4. The first kappa shape index (κ1) is 29.7. The largest absolute Gasteiger partial charge is 0.461 e. The number of hydrogen-bond acceptors (Lipinski definition) is 8. The minimum Gasteiger partial charge on any atom is -0.461 e. The smallest absolute Gasteiger partial charge is 0.410 e. The van der Waals surface area contributed by atoms with Crippen LogP contribution in [0.4, 0.5) is 15.0 Å². The summed E-state index contributed by atoms with van der Waals surface area (Å²) < 4.78 is 26.7. The number of piperazine rings is 1. The van der Waals surface area contributed by atoms with Gasteiger partial charge in [-0.2, -0.15) is 9.97 Å². The summed E-state index contributed by atoms with van der Waals surface area (Å²) in [6.07, 6.45) is 4.29. The van der Waals surface area contributed by atoms with Crippen molar-refractivity contribution in [3.8, 4) is 6.01 Å². The van der Waals surface area contributed by atoms with E-state index in [4.69, 9.17) is 19.4 Å². The number of halogens is 1. The first-order valence-corrected chi connectivity index (χ1v) is 16.5. The molecule has 1 aromatic heterocycles. The van der Waals surface area contributed by atoms with Crippen LogP contribution in [0.15, 0.2) is 30.3 Å². The minimum absolute atomic E-state index is 0.0834. The maximum Gasteiger partial charge on any atom is 0.410 e. The van der Waals surface area contributed by atoms with Gasteiger partial charge in [-0.05, 0) is 71.9 Å². The molecule has 9 nitrogen and oxygen atoms in total. The minimum atomic E-state index is -0.802. The molecule has 0 spiro atoms. The Morgan fingerprint density at radius 3 is 2.57 bits per heavy atom. The van der Waals surface area contributed by atoms with Crippen molar-refractivity contribution in [1.82, 2.24) is 24.7 Å². The summed E-state index contributed by atoms with van der Waals surface area (Å²) in [5, 5.41) is 0. The predicted octanol–water partition coefficient (Wildman–Crippen LogP) is 4.97. The van der Waals surface area contributed by atoms with E-state index in [1.165, 1.54) is 11.1 Å². The Kier molecular flexibility index (Phi) is 7.72. The standard InChI is InChI=1S/C34H47FN6O3/c1-23-15-28-29(21-38(23)17-24-9-6-5-7-10-24)36-31(43-22-34-13-8-14-40(34)18-25(35)16-34)37-30(28)39-19-26-11-12-27(20-39)41(26)32(42)44-33(2,3)4/h5-7,9-10,23,25-27H,8,11-22H2,1-4H3/t23?,25-,26-,27+,34+/m1/s1. The van der Waals surface area contributed by atoms with Crippen molar-refractivity contribution in [3.63, 3.8) is 0 Å². The number of carbonyl (C=O) groups excluding carboxylic acids is 1. The summed E-state index contributed by atoms with van der Waals surface area (Å²) in [7, 11) is 0. The molecule has 44 heavy (non-hydrogen) atoms. The molecule has 1 unspecified atom stereocenters. The van der Waals surface area contributed by atoms with Crippen molar-refractivity contribution in [2.45, 2.75) is 115 Å². The lowest BCUT2D eigenvalue weighted by atomic mass is 9.95. The van der Waals surface area contributed by atoms with E-state index in [9.17, 15) is 9.18 Å². The van der Waals surface area contributed by atoms with Crippen molar-refractivity contribution in [3.05, 3.63) is 47.2 Å². The monoisotopic (exact) mass is 606 g/mol. The van der Waals surface area contributed by atoms with E-state index in [-0.39, 0.29) is 23.7 Å². The third-order valence-corrected chi connectivity index (χ3v) is 10.4. The van der Waals surface area contributed by atoms with E-state index in [1.807, 2.05) is 25.7 Å². The van der Waals surface area contributed by atoms with E-state index in [2.05, 4.69) is 52.0 Å². The Bertz CT molecular complexity index is 1360. The van der Waals surface area contributed by atoms with Gasteiger partial charge in [0.2, 0.25) is 0 Å². The summed E-state index contributed by atoms with van der Waals surface area (Å²) in [6.45, 7) is 12.9. The van der Waals surface area contributed by atoms with Crippen molar-refractivity contribution >= 4 is 11.9 Å². The predicted molar refractivity (Wildman–Crippen MR) is 167 cm³/mol. The van der Waals surface area contributed by atoms with E-state index < -0.39 is 11.8 Å². The zero-order valence-electron chi connectivity index (χ0n) is 26.7. The summed E-state index contributed by atoms with van der Waals surface area (Å²) in [5.74, 6) is 0.938. The lowest BCUT2D eigenvalue weighted by Crippen LogP contribution is -2.57. The molecule has 7 rings (SSSR count). The van der Waals surface area contributed by atoms with Gasteiger partial charge < -0.3 is 14.4 Å². The first-order valence-electron chi connectivity index (χ1n) is 16.5. The summed E-state index contributed by atoms with van der Waals surface area (Å²) in [4.78, 5) is 32.4.